The molecule has 3 fully saturated rings. The number of phenolic OH excluding ortho intramolecular Hbond substituents is 5. The second-order valence-corrected chi connectivity index (χ2v) is 15.7. The van der Waals surface area contributed by atoms with Crippen LogP contribution in [-0.2, 0) is 19.4 Å². The van der Waals surface area contributed by atoms with Crippen LogP contribution < -0.4 is 5.32 Å². The zero-order valence-corrected chi connectivity index (χ0v) is 30.0. The predicted molar refractivity (Wildman–Crippen MR) is 209 cm³/mol. The molecule has 53 heavy (non-hydrogen) atoms. The predicted octanol–water partition coefficient (Wildman–Crippen LogP) is 7.62. The molecule has 9 heteroatoms. The summed E-state index contributed by atoms with van der Waals surface area (Å²) in [6.45, 7) is 1.93. The minimum atomic E-state index is -0.366. The maximum absolute atomic E-state index is 11.6. The molecule has 4 aromatic carbocycles. The normalized spacial score (nSPS) is 26.6. The highest BCUT2D eigenvalue weighted by atomic mass is 16.3. The Balaban J connectivity index is 0.998. The molecule has 4 aliphatic rings. The maximum Gasteiger partial charge on any atom is 0.169 e. The number of aliphatic hydroxyl groups is 1. The van der Waals surface area contributed by atoms with Gasteiger partial charge in [-0.05, 0) is 109 Å². The van der Waals surface area contributed by atoms with E-state index in [1.165, 1.54) is 43.9 Å². The number of hydrogen-bond donors (Lipinski definition) is 7. The van der Waals surface area contributed by atoms with Crippen molar-refractivity contribution in [3.63, 3.8) is 0 Å². The van der Waals surface area contributed by atoms with Gasteiger partial charge in [-0.2, -0.15) is 0 Å². The second-order valence-electron chi connectivity index (χ2n) is 15.7. The number of aliphatic hydroxyl groups excluding tert-OH is 1. The first-order chi connectivity index (χ1) is 25.7. The highest BCUT2D eigenvalue weighted by Crippen LogP contribution is 2.66. The highest BCUT2D eigenvalue weighted by molar-refractivity contribution is 6.34. The zero-order valence-electron chi connectivity index (χ0n) is 30.0. The van der Waals surface area contributed by atoms with Gasteiger partial charge in [0, 0.05) is 36.2 Å². The number of phenols is 5. The third kappa shape index (κ3) is 6.23. The van der Waals surface area contributed by atoms with Gasteiger partial charge in [0.05, 0.1) is 17.2 Å². The van der Waals surface area contributed by atoms with E-state index in [1.54, 1.807) is 30.4 Å². The Hall–Kier alpha value is -4.86. The van der Waals surface area contributed by atoms with E-state index in [1.807, 2.05) is 6.21 Å². The van der Waals surface area contributed by atoms with Gasteiger partial charge >= 0.3 is 0 Å². The largest absolute Gasteiger partial charge is 0.507 e. The second kappa shape index (κ2) is 14.2. The average molecular weight is 716 g/mol. The number of rotatable bonds is 10. The Kier molecular flexibility index (Phi) is 9.41. The molecule has 1 spiro atoms. The standard InChI is InChI=1S/C44H49N3O6/c48-34-17-13-28(22-37(34)51)12-15-31-32-5-1-6-35(49)39(32)41(53)40(52)33(31)16-11-27-7-9-29(10-8-27)23-45-25-44(38-24-46-26-47-38)21-3-20-43-19-2-4-30(43)14-18-36(50)42(43)44/h1,5-10,12-13,15,17,22,24,30,36,42,45,48-53H,2-4,11,14,16,18-21,23,25-26H2/t30-,36+,42+,43+,44-/m1/s1. The molecular formula is C44H49N3O6. The van der Waals surface area contributed by atoms with Crippen LogP contribution in [0.2, 0.25) is 0 Å². The molecule has 0 unspecified atom stereocenters. The number of aryl methyl sites for hydroxylation is 1. The molecule has 0 aromatic heterocycles. The quantitative estimate of drug-likeness (QED) is 0.0657. The van der Waals surface area contributed by atoms with Crippen molar-refractivity contribution in [1.82, 2.24) is 5.32 Å². The molecular weight excluding hydrogens is 666 g/mol. The summed E-state index contributed by atoms with van der Waals surface area (Å²) in [5.74, 6) is -0.346. The first-order valence-electron chi connectivity index (χ1n) is 19.1. The fraction of sp³-hybridized carbons (Fsp3) is 0.409. The minimum absolute atomic E-state index is 0.140. The van der Waals surface area contributed by atoms with Crippen LogP contribution in [0.4, 0.5) is 0 Å². The Morgan fingerprint density at radius 1 is 0.774 bits per heavy atom. The van der Waals surface area contributed by atoms with Gasteiger partial charge in [-0.3, -0.25) is 9.98 Å². The van der Waals surface area contributed by atoms with Gasteiger partial charge in [-0.15, -0.1) is 0 Å². The minimum Gasteiger partial charge on any atom is -0.507 e. The van der Waals surface area contributed by atoms with Gasteiger partial charge in [-0.25, -0.2) is 0 Å². The Bertz CT molecular complexity index is 2110. The lowest BCUT2D eigenvalue weighted by Crippen LogP contribution is -2.61. The van der Waals surface area contributed by atoms with E-state index in [4.69, 9.17) is 4.99 Å². The summed E-state index contributed by atoms with van der Waals surface area (Å²) in [6, 6.07) is 17.9. The third-order valence-electron chi connectivity index (χ3n) is 13.0. The average Bonchev–Trinajstić information content (AvgIpc) is 3.85. The lowest BCUT2D eigenvalue weighted by atomic mass is 9.45. The van der Waals surface area contributed by atoms with Crippen LogP contribution in [0, 0.1) is 22.7 Å². The first kappa shape index (κ1) is 35.2. The summed E-state index contributed by atoms with van der Waals surface area (Å²) >= 11 is 0. The van der Waals surface area contributed by atoms with E-state index in [-0.39, 0.29) is 57.0 Å². The molecule has 7 N–H and O–H groups in total. The van der Waals surface area contributed by atoms with Gasteiger partial charge in [0.1, 0.15) is 12.4 Å². The van der Waals surface area contributed by atoms with Gasteiger partial charge in [-0.1, -0.05) is 67.5 Å². The molecule has 3 aliphatic carbocycles. The fourth-order valence-electron chi connectivity index (χ4n) is 10.7. The van der Waals surface area contributed by atoms with Crippen LogP contribution >= 0.6 is 0 Å². The monoisotopic (exact) mass is 715 g/mol. The fourth-order valence-corrected chi connectivity index (χ4v) is 10.7. The van der Waals surface area contributed by atoms with Crippen molar-refractivity contribution in [1.29, 1.82) is 0 Å². The van der Waals surface area contributed by atoms with E-state index in [0.717, 1.165) is 49.1 Å². The molecule has 1 aliphatic heterocycles. The number of hydrogen-bond acceptors (Lipinski definition) is 9. The zero-order chi connectivity index (χ0) is 36.7. The van der Waals surface area contributed by atoms with E-state index in [9.17, 15) is 30.6 Å². The lowest BCUT2D eigenvalue weighted by molar-refractivity contribution is -0.124. The summed E-state index contributed by atoms with van der Waals surface area (Å²) in [7, 11) is 0. The molecule has 0 bridgehead atoms. The van der Waals surface area contributed by atoms with E-state index < -0.39 is 0 Å². The molecule has 1 heterocycles. The van der Waals surface area contributed by atoms with Gasteiger partial charge in [0.2, 0.25) is 0 Å². The molecule has 0 radical (unpaired) electrons. The van der Waals surface area contributed by atoms with Crippen molar-refractivity contribution < 1.29 is 30.6 Å². The summed E-state index contributed by atoms with van der Waals surface area (Å²) < 4.78 is 0. The summed E-state index contributed by atoms with van der Waals surface area (Å²) in [6.07, 6.45) is 15.4. The Labute approximate surface area is 310 Å². The molecule has 4 aromatic rings. The lowest BCUT2D eigenvalue weighted by Gasteiger charge is -2.60. The number of nitrogens with zero attached hydrogens (tertiary/aromatic N) is 2. The molecule has 276 valence electrons. The number of aliphatic imine (C=N–C) groups is 2. The van der Waals surface area contributed by atoms with E-state index >= 15 is 0 Å². The molecule has 0 amide bonds. The molecule has 5 atom stereocenters. The topological polar surface area (TPSA) is 158 Å². The maximum atomic E-state index is 11.6. The van der Waals surface area contributed by atoms with Crippen molar-refractivity contribution in [2.75, 3.05) is 13.2 Å². The van der Waals surface area contributed by atoms with Crippen molar-refractivity contribution in [3.8, 4) is 28.7 Å². The van der Waals surface area contributed by atoms with Crippen LogP contribution in [0.1, 0.15) is 79.2 Å². The van der Waals surface area contributed by atoms with Crippen molar-refractivity contribution >= 4 is 34.9 Å². The van der Waals surface area contributed by atoms with E-state index in [0.29, 0.717) is 54.0 Å². The van der Waals surface area contributed by atoms with Crippen LogP contribution in [0.5, 0.6) is 28.7 Å². The number of nitrogens with one attached hydrogen (secondary N) is 1. The molecule has 8 rings (SSSR count). The smallest absolute Gasteiger partial charge is 0.169 e. The third-order valence-corrected chi connectivity index (χ3v) is 13.0. The summed E-state index contributed by atoms with van der Waals surface area (Å²) in [4.78, 5) is 9.41. The summed E-state index contributed by atoms with van der Waals surface area (Å²) in [5, 5.41) is 68.8. The molecule has 9 nitrogen and oxygen atoms in total. The SMILES string of the molecule is Oc1ccc(C=Cc2c(CCc3ccc(CNC[C@@]4(C5=NCN=C5)CCC[C@@]56CCC[C@@H]5CC[C@H](O)[C@H]46)cc3)c(O)c(O)c3c(O)cccc23)cc1O. The molecule has 0 saturated heterocycles. The Morgan fingerprint density at radius 3 is 2.38 bits per heavy atom. The number of benzene rings is 4. The van der Waals surface area contributed by atoms with Gasteiger partial charge in [0.15, 0.2) is 23.0 Å². The van der Waals surface area contributed by atoms with Gasteiger partial charge < -0.3 is 36.0 Å². The number of fused-ring (bicyclic) bond motifs is 1. The van der Waals surface area contributed by atoms with Crippen LogP contribution in [0.25, 0.3) is 22.9 Å². The van der Waals surface area contributed by atoms with Crippen molar-refractivity contribution in [3.05, 3.63) is 88.5 Å². The van der Waals surface area contributed by atoms with Crippen molar-refractivity contribution in [2.45, 2.75) is 76.9 Å². The van der Waals surface area contributed by atoms with Crippen LogP contribution in [0.15, 0.2) is 70.6 Å². The van der Waals surface area contributed by atoms with Gasteiger partial charge in [0.25, 0.3) is 0 Å². The highest BCUT2D eigenvalue weighted by Gasteiger charge is 2.63. The molecule has 3 saturated carbocycles. The first-order valence-corrected chi connectivity index (χ1v) is 19.1. The van der Waals surface area contributed by atoms with E-state index in [2.05, 4.69) is 34.6 Å². The number of aromatic hydroxyl groups is 5. The Morgan fingerprint density at radius 2 is 1.58 bits per heavy atom. The summed E-state index contributed by atoms with van der Waals surface area (Å²) in [5.41, 5.74) is 5.09. The van der Waals surface area contributed by atoms with Crippen LogP contribution in [0.3, 0.4) is 0 Å². The van der Waals surface area contributed by atoms with Crippen molar-refractivity contribution in [2.24, 2.45) is 32.7 Å². The van der Waals surface area contributed by atoms with Crippen LogP contribution in [-0.4, -0.2) is 61.9 Å².